The van der Waals surface area contributed by atoms with Gasteiger partial charge in [-0.2, -0.15) is 0 Å². The first-order chi connectivity index (χ1) is 16.4. The number of hydrogen-bond donors (Lipinski definition) is 0. The summed E-state index contributed by atoms with van der Waals surface area (Å²) in [5, 5.41) is 0. The molecule has 180 valence electrons. The summed E-state index contributed by atoms with van der Waals surface area (Å²) in [6.07, 6.45) is 2.56. The van der Waals surface area contributed by atoms with Gasteiger partial charge in [0, 0.05) is 44.7 Å². The molecule has 0 unspecified atom stereocenters. The van der Waals surface area contributed by atoms with E-state index in [0.29, 0.717) is 45.8 Å². The van der Waals surface area contributed by atoms with Gasteiger partial charge in [-0.15, -0.1) is 0 Å². The molecule has 0 spiro atoms. The van der Waals surface area contributed by atoms with Crippen LogP contribution in [0, 0.1) is 0 Å². The normalized spacial score (nSPS) is 17.9. The molecule has 3 aliphatic heterocycles. The number of hydrogen-bond acceptors (Lipinski definition) is 5. The Kier molecular flexibility index (Phi) is 6.31. The number of morpholine rings is 1. The highest BCUT2D eigenvalue weighted by Crippen LogP contribution is 2.35. The zero-order valence-electron chi connectivity index (χ0n) is 19.1. The molecular weight excluding hydrogens is 454 g/mol. The van der Waals surface area contributed by atoms with Crippen molar-refractivity contribution in [1.82, 2.24) is 4.90 Å². The predicted molar refractivity (Wildman–Crippen MR) is 128 cm³/mol. The second-order valence-electron chi connectivity index (χ2n) is 8.89. The van der Waals surface area contributed by atoms with Gasteiger partial charge in [0.25, 0.3) is 10.0 Å². The molecule has 0 N–H and O–H groups in total. The van der Waals surface area contributed by atoms with E-state index in [1.807, 2.05) is 24.3 Å². The van der Waals surface area contributed by atoms with Crippen molar-refractivity contribution in [1.29, 1.82) is 0 Å². The highest BCUT2D eigenvalue weighted by molar-refractivity contribution is 7.92. The first-order valence-corrected chi connectivity index (χ1v) is 13.3. The smallest absolute Gasteiger partial charge is 0.264 e. The van der Waals surface area contributed by atoms with Gasteiger partial charge >= 0.3 is 0 Å². The zero-order valence-corrected chi connectivity index (χ0v) is 19.9. The molecule has 34 heavy (non-hydrogen) atoms. The van der Waals surface area contributed by atoms with Crippen molar-refractivity contribution in [3.8, 4) is 0 Å². The van der Waals surface area contributed by atoms with Crippen molar-refractivity contribution in [3.63, 3.8) is 0 Å². The first-order valence-electron chi connectivity index (χ1n) is 11.8. The number of aryl methyl sites for hydroxylation is 1. The Morgan fingerprint density at radius 2 is 1.59 bits per heavy atom. The lowest BCUT2D eigenvalue weighted by atomic mass is 10.0. The third kappa shape index (κ3) is 4.30. The minimum atomic E-state index is -3.70. The third-order valence-electron chi connectivity index (χ3n) is 6.82. The van der Waals surface area contributed by atoms with E-state index in [1.165, 1.54) is 4.31 Å². The number of anilines is 2. The number of ether oxygens (including phenoxy) is 1. The largest absolute Gasteiger partial charge is 0.378 e. The van der Waals surface area contributed by atoms with Crippen LogP contribution >= 0.6 is 0 Å². The molecule has 0 aromatic heterocycles. The van der Waals surface area contributed by atoms with Crippen LogP contribution in [0.25, 0.3) is 0 Å². The number of rotatable bonds is 5. The SMILES string of the molecule is O=C(CCC(=O)N1CCc2cc(S(=O)(=O)N3CCCc4ccccc43)ccc21)N1CCOCC1. The molecule has 8 nitrogen and oxygen atoms in total. The summed E-state index contributed by atoms with van der Waals surface area (Å²) >= 11 is 0. The fourth-order valence-corrected chi connectivity index (χ4v) is 6.59. The lowest BCUT2D eigenvalue weighted by Gasteiger charge is -2.30. The van der Waals surface area contributed by atoms with Gasteiger partial charge in [-0.1, -0.05) is 18.2 Å². The third-order valence-corrected chi connectivity index (χ3v) is 8.63. The highest BCUT2D eigenvalue weighted by atomic mass is 32.2. The monoisotopic (exact) mass is 483 g/mol. The predicted octanol–water partition coefficient (Wildman–Crippen LogP) is 2.36. The quantitative estimate of drug-likeness (QED) is 0.652. The second-order valence-corrected chi connectivity index (χ2v) is 10.8. The molecule has 2 aromatic carbocycles. The molecule has 2 aromatic rings. The topological polar surface area (TPSA) is 87.2 Å². The second kappa shape index (κ2) is 9.38. The molecule has 1 saturated heterocycles. The number of nitrogens with zero attached hydrogens (tertiary/aromatic N) is 3. The molecular formula is C25H29N3O5S. The zero-order chi connectivity index (χ0) is 23.7. The molecule has 0 radical (unpaired) electrons. The molecule has 3 heterocycles. The Morgan fingerprint density at radius 3 is 2.41 bits per heavy atom. The van der Waals surface area contributed by atoms with E-state index in [9.17, 15) is 18.0 Å². The van der Waals surface area contributed by atoms with Crippen molar-refractivity contribution in [3.05, 3.63) is 53.6 Å². The average molecular weight is 484 g/mol. The van der Waals surface area contributed by atoms with Gasteiger partial charge in [0.2, 0.25) is 11.8 Å². The fraction of sp³-hybridized carbons (Fsp3) is 0.440. The van der Waals surface area contributed by atoms with Gasteiger partial charge in [0.05, 0.1) is 23.8 Å². The molecule has 5 rings (SSSR count). The lowest BCUT2D eigenvalue weighted by Crippen LogP contribution is -2.41. The van der Waals surface area contributed by atoms with E-state index in [2.05, 4.69) is 0 Å². The van der Waals surface area contributed by atoms with Crippen molar-refractivity contribution >= 4 is 33.2 Å². The molecule has 3 aliphatic rings. The van der Waals surface area contributed by atoms with E-state index in [0.717, 1.165) is 35.3 Å². The summed E-state index contributed by atoms with van der Waals surface area (Å²) < 4.78 is 33.7. The number of benzene rings is 2. The lowest BCUT2D eigenvalue weighted by molar-refractivity contribution is -0.136. The Bertz CT molecular complexity index is 1210. The molecule has 0 aliphatic carbocycles. The van der Waals surface area contributed by atoms with Crippen LogP contribution in [0.15, 0.2) is 47.4 Å². The number of carbonyl (C=O) groups is 2. The fourth-order valence-electron chi connectivity index (χ4n) is 4.99. The number of amides is 2. The standard InChI is InChI=1S/C25H29N3O5S/c29-24(26-14-16-33-17-15-26)9-10-25(30)27-13-11-20-18-21(7-8-22(20)27)34(31,32)28-12-3-5-19-4-1-2-6-23(19)28/h1-2,4,6-8,18H,3,5,9-17H2. The van der Waals surface area contributed by atoms with Crippen LogP contribution < -0.4 is 9.21 Å². The maximum Gasteiger partial charge on any atom is 0.264 e. The van der Waals surface area contributed by atoms with Crippen LogP contribution in [0.5, 0.6) is 0 Å². The minimum Gasteiger partial charge on any atom is -0.378 e. The first kappa shape index (κ1) is 22.9. The van der Waals surface area contributed by atoms with Crippen molar-refractivity contribution < 1.29 is 22.7 Å². The molecule has 0 atom stereocenters. The van der Waals surface area contributed by atoms with E-state index < -0.39 is 10.0 Å². The van der Waals surface area contributed by atoms with Gasteiger partial charge < -0.3 is 14.5 Å². The number of fused-ring (bicyclic) bond motifs is 2. The summed E-state index contributed by atoms with van der Waals surface area (Å²) in [6, 6.07) is 12.7. The van der Waals surface area contributed by atoms with E-state index in [-0.39, 0.29) is 29.6 Å². The van der Waals surface area contributed by atoms with Gasteiger partial charge in [-0.3, -0.25) is 13.9 Å². The van der Waals surface area contributed by atoms with Crippen molar-refractivity contribution in [2.24, 2.45) is 0 Å². The Morgan fingerprint density at radius 1 is 0.824 bits per heavy atom. The van der Waals surface area contributed by atoms with Crippen LogP contribution in [0.4, 0.5) is 11.4 Å². The van der Waals surface area contributed by atoms with Crippen LogP contribution in [0.3, 0.4) is 0 Å². The molecule has 9 heteroatoms. The summed E-state index contributed by atoms with van der Waals surface area (Å²) in [4.78, 5) is 28.9. The molecule has 1 fully saturated rings. The summed E-state index contributed by atoms with van der Waals surface area (Å²) in [5.74, 6) is -0.139. The van der Waals surface area contributed by atoms with Gasteiger partial charge in [-0.05, 0) is 54.7 Å². The molecule has 2 amide bonds. The summed E-state index contributed by atoms with van der Waals surface area (Å²) in [6.45, 7) is 3.16. The number of para-hydroxylation sites is 1. The number of carbonyl (C=O) groups excluding carboxylic acids is 2. The molecule has 0 saturated carbocycles. The maximum atomic E-state index is 13.5. The average Bonchev–Trinajstić information content (AvgIpc) is 3.30. The summed E-state index contributed by atoms with van der Waals surface area (Å²) in [5.41, 5.74) is 3.37. The van der Waals surface area contributed by atoms with Crippen LogP contribution in [0.1, 0.15) is 30.4 Å². The Hall–Kier alpha value is -2.91. The van der Waals surface area contributed by atoms with Gasteiger partial charge in [-0.25, -0.2) is 8.42 Å². The van der Waals surface area contributed by atoms with Crippen molar-refractivity contribution in [2.75, 3.05) is 48.6 Å². The molecule has 0 bridgehead atoms. The minimum absolute atomic E-state index is 0.0284. The van der Waals surface area contributed by atoms with Crippen molar-refractivity contribution in [2.45, 2.75) is 37.0 Å². The van der Waals surface area contributed by atoms with Crippen LogP contribution in [-0.4, -0.2) is 64.5 Å². The van der Waals surface area contributed by atoms with E-state index in [1.54, 1.807) is 28.0 Å². The van der Waals surface area contributed by atoms with E-state index in [4.69, 9.17) is 4.74 Å². The van der Waals surface area contributed by atoms with Crippen LogP contribution in [-0.2, 0) is 37.2 Å². The Labute approximate surface area is 200 Å². The number of sulfonamides is 1. The maximum absolute atomic E-state index is 13.5. The highest BCUT2D eigenvalue weighted by Gasteiger charge is 2.32. The van der Waals surface area contributed by atoms with Gasteiger partial charge in [0.15, 0.2) is 0 Å². The Balaban J connectivity index is 1.29. The van der Waals surface area contributed by atoms with Gasteiger partial charge in [0.1, 0.15) is 0 Å². The summed E-state index contributed by atoms with van der Waals surface area (Å²) in [7, 11) is -3.70. The van der Waals surface area contributed by atoms with E-state index >= 15 is 0 Å². The van der Waals surface area contributed by atoms with Crippen LogP contribution in [0.2, 0.25) is 0 Å².